The highest BCUT2D eigenvalue weighted by Gasteiger charge is 2.62. The Bertz CT molecular complexity index is 1340. The summed E-state index contributed by atoms with van der Waals surface area (Å²) in [6.45, 7) is 17.9. The van der Waals surface area contributed by atoms with E-state index in [4.69, 9.17) is 18.9 Å². The van der Waals surface area contributed by atoms with Crippen molar-refractivity contribution in [3.63, 3.8) is 0 Å². The van der Waals surface area contributed by atoms with Crippen molar-refractivity contribution in [3.8, 4) is 5.75 Å². The number of hydrogen-bond donors (Lipinski definition) is 0. The van der Waals surface area contributed by atoms with Gasteiger partial charge in [0.25, 0.3) is 0 Å². The van der Waals surface area contributed by atoms with E-state index in [9.17, 15) is 5.53 Å². The fourth-order valence-corrected chi connectivity index (χ4v) is 11.6. The molecule has 6 rings (SSSR count). The fourth-order valence-electron chi connectivity index (χ4n) is 11.6. The van der Waals surface area contributed by atoms with E-state index in [1.807, 2.05) is 24.3 Å². The molecule has 0 N–H and O–H groups in total. The van der Waals surface area contributed by atoms with E-state index in [1.165, 1.54) is 57.8 Å². The average molecular weight is 676 g/mol. The van der Waals surface area contributed by atoms with Gasteiger partial charge in [0.1, 0.15) is 5.75 Å². The van der Waals surface area contributed by atoms with Gasteiger partial charge >= 0.3 is 0 Å². The molecule has 7 heteroatoms. The van der Waals surface area contributed by atoms with Gasteiger partial charge in [-0.25, -0.2) is 0 Å². The highest BCUT2D eigenvalue weighted by atomic mass is 16.7. The minimum atomic E-state index is -0.558. The number of azide groups is 1. The SMILES string of the molecule is COc1ccc(COC2COC(O[C@H]3C[C@H]4[C@@H]5CC=C6C[C@@H](C)CC[C@]6(C)[C@H]5CC[C@]4(C)[C@H]3[C@H](C)CCCC(C)C)C(N=[N+]=[N-])C2C)cc1. The van der Waals surface area contributed by atoms with E-state index >= 15 is 0 Å². The van der Waals surface area contributed by atoms with Crippen molar-refractivity contribution in [2.24, 2.45) is 63.3 Å². The topological polar surface area (TPSA) is 85.7 Å². The zero-order chi connectivity index (χ0) is 34.9. The van der Waals surface area contributed by atoms with E-state index in [-0.39, 0.29) is 23.5 Å². The van der Waals surface area contributed by atoms with Gasteiger partial charge in [0.05, 0.1) is 38.6 Å². The summed E-state index contributed by atoms with van der Waals surface area (Å²) in [6, 6.07) is 7.51. The fraction of sp³-hybridized carbons (Fsp3) is 0.810. The number of methoxy groups -OCH3 is 1. The lowest BCUT2D eigenvalue weighted by molar-refractivity contribution is -0.246. The van der Waals surface area contributed by atoms with Crippen LogP contribution in [0, 0.1) is 58.2 Å². The first-order chi connectivity index (χ1) is 23.5. The lowest BCUT2D eigenvalue weighted by atomic mass is 9.46. The monoisotopic (exact) mass is 675 g/mol. The van der Waals surface area contributed by atoms with E-state index in [1.54, 1.807) is 12.7 Å². The normalized spacial score (nSPS) is 40.8. The minimum Gasteiger partial charge on any atom is -0.497 e. The highest BCUT2D eigenvalue weighted by molar-refractivity contribution is 5.27. The summed E-state index contributed by atoms with van der Waals surface area (Å²) in [7, 11) is 1.67. The van der Waals surface area contributed by atoms with Gasteiger partial charge < -0.3 is 18.9 Å². The first kappa shape index (κ1) is 36.7. The molecule has 3 saturated carbocycles. The number of hydrogen-bond acceptors (Lipinski definition) is 5. The van der Waals surface area contributed by atoms with Crippen LogP contribution in [0.5, 0.6) is 5.75 Å². The molecule has 4 fully saturated rings. The van der Waals surface area contributed by atoms with E-state index in [2.05, 4.69) is 64.6 Å². The molecular formula is C42H65N3O4. The second kappa shape index (κ2) is 15.3. The van der Waals surface area contributed by atoms with Crippen molar-refractivity contribution in [1.82, 2.24) is 0 Å². The Kier molecular flexibility index (Phi) is 11.5. The molecule has 1 heterocycles. The third kappa shape index (κ3) is 7.34. The Hall–Kier alpha value is -2.05. The summed E-state index contributed by atoms with van der Waals surface area (Å²) in [4.78, 5) is 3.30. The molecule has 0 aromatic heterocycles. The second-order valence-corrected chi connectivity index (χ2v) is 17.8. The molecule has 49 heavy (non-hydrogen) atoms. The smallest absolute Gasteiger partial charge is 0.166 e. The first-order valence-corrected chi connectivity index (χ1v) is 19.7. The van der Waals surface area contributed by atoms with Crippen LogP contribution in [0.1, 0.15) is 118 Å². The number of benzene rings is 1. The minimum absolute atomic E-state index is 0.0333. The van der Waals surface area contributed by atoms with Gasteiger partial charge in [0.2, 0.25) is 0 Å². The quantitative estimate of drug-likeness (QED) is 0.0955. The number of rotatable bonds is 12. The molecule has 0 spiro atoms. The van der Waals surface area contributed by atoms with E-state index < -0.39 is 12.3 Å². The lowest BCUT2D eigenvalue weighted by Crippen LogP contribution is -2.51. The molecular weight excluding hydrogens is 610 g/mol. The van der Waals surface area contributed by atoms with Crippen molar-refractivity contribution in [2.45, 2.75) is 144 Å². The molecule has 1 aliphatic heterocycles. The van der Waals surface area contributed by atoms with Crippen LogP contribution in [0.25, 0.3) is 10.4 Å². The van der Waals surface area contributed by atoms with Gasteiger partial charge in [0, 0.05) is 4.91 Å². The van der Waals surface area contributed by atoms with Crippen molar-refractivity contribution in [3.05, 3.63) is 51.9 Å². The van der Waals surface area contributed by atoms with Crippen LogP contribution in [-0.4, -0.2) is 38.3 Å². The molecule has 1 aromatic carbocycles. The predicted molar refractivity (Wildman–Crippen MR) is 196 cm³/mol. The standard InChI is InChI=1S/C42H65N3O4/c1-26(2)10-9-11-28(4)38-36(23-35-33-17-14-31-22-27(3)18-20-41(31,6)34(33)19-21-42(35,38)7)49-40-39(44-45-43)29(5)37(25-48-40)47-24-30-12-15-32(46-8)16-13-30/h12-16,26-29,33-40H,9-11,17-25H2,1-8H3/t27-,28+,29?,33+,34-,35-,36-,37?,38-,39?,40?,41-,42-/m0/s1. The number of fused-ring (bicyclic) bond motifs is 5. The zero-order valence-electron chi connectivity index (χ0n) is 31.8. The van der Waals surface area contributed by atoms with E-state index in [0.717, 1.165) is 41.4 Å². The molecule has 272 valence electrons. The van der Waals surface area contributed by atoms with Gasteiger partial charge in [-0.1, -0.05) is 96.6 Å². The number of nitrogens with zero attached hydrogens (tertiary/aromatic N) is 3. The maximum absolute atomic E-state index is 9.70. The molecule has 0 amide bonds. The molecule has 4 unspecified atom stereocenters. The first-order valence-electron chi connectivity index (χ1n) is 19.7. The Morgan fingerprint density at radius 3 is 2.51 bits per heavy atom. The molecule has 7 nitrogen and oxygen atoms in total. The van der Waals surface area contributed by atoms with Gasteiger partial charge in [-0.05, 0) is 126 Å². The molecule has 4 aliphatic carbocycles. The molecule has 1 saturated heterocycles. The Balaban J connectivity index is 1.21. The van der Waals surface area contributed by atoms with Gasteiger partial charge in [-0.3, -0.25) is 0 Å². The largest absolute Gasteiger partial charge is 0.497 e. The summed E-state index contributed by atoms with van der Waals surface area (Å²) in [6.07, 6.45) is 14.8. The number of ether oxygens (including phenoxy) is 4. The second-order valence-electron chi connectivity index (χ2n) is 17.8. The summed E-state index contributed by atoms with van der Waals surface area (Å²) in [5.41, 5.74) is 13.2. The molecule has 5 aliphatic rings. The Morgan fingerprint density at radius 1 is 1.02 bits per heavy atom. The highest BCUT2D eigenvalue weighted by Crippen LogP contribution is 2.68. The average Bonchev–Trinajstić information content (AvgIpc) is 3.38. The van der Waals surface area contributed by atoms with Gasteiger partial charge in [0.15, 0.2) is 6.29 Å². The van der Waals surface area contributed by atoms with Crippen molar-refractivity contribution in [1.29, 1.82) is 0 Å². The van der Waals surface area contributed by atoms with Crippen LogP contribution in [0.15, 0.2) is 41.0 Å². The summed E-state index contributed by atoms with van der Waals surface area (Å²) < 4.78 is 25.4. The summed E-state index contributed by atoms with van der Waals surface area (Å²) in [5, 5.41) is 4.32. The molecule has 1 aromatic rings. The maximum Gasteiger partial charge on any atom is 0.166 e. The van der Waals surface area contributed by atoms with Crippen LogP contribution in [0.2, 0.25) is 0 Å². The third-order valence-electron chi connectivity index (χ3n) is 14.4. The third-order valence-corrected chi connectivity index (χ3v) is 14.4. The zero-order valence-corrected chi connectivity index (χ0v) is 31.8. The van der Waals surface area contributed by atoms with Crippen LogP contribution in [-0.2, 0) is 20.8 Å². The predicted octanol–water partition coefficient (Wildman–Crippen LogP) is 10.9. The molecule has 0 radical (unpaired) electrons. The Labute approximate surface area is 296 Å². The van der Waals surface area contributed by atoms with Crippen molar-refractivity contribution >= 4 is 0 Å². The Morgan fingerprint density at radius 2 is 1.80 bits per heavy atom. The van der Waals surface area contributed by atoms with Crippen LogP contribution in [0.4, 0.5) is 0 Å². The van der Waals surface area contributed by atoms with Crippen LogP contribution < -0.4 is 4.74 Å². The van der Waals surface area contributed by atoms with E-state index in [0.29, 0.717) is 36.4 Å². The molecule has 13 atom stereocenters. The van der Waals surface area contributed by atoms with Gasteiger partial charge in [-0.2, -0.15) is 0 Å². The number of allylic oxidation sites excluding steroid dienone is 2. The summed E-state index contributed by atoms with van der Waals surface area (Å²) in [5.74, 6) is 5.50. The molecule has 0 bridgehead atoms. The van der Waals surface area contributed by atoms with Crippen LogP contribution >= 0.6 is 0 Å². The maximum atomic E-state index is 9.70. The lowest BCUT2D eigenvalue weighted by Gasteiger charge is -2.58. The van der Waals surface area contributed by atoms with Crippen molar-refractivity contribution < 1.29 is 18.9 Å². The summed E-state index contributed by atoms with van der Waals surface area (Å²) >= 11 is 0. The van der Waals surface area contributed by atoms with Crippen LogP contribution in [0.3, 0.4) is 0 Å². The van der Waals surface area contributed by atoms with Crippen molar-refractivity contribution in [2.75, 3.05) is 13.7 Å². The van der Waals surface area contributed by atoms with Gasteiger partial charge in [-0.15, -0.1) is 0 Å².